The summed E-state index contributed by atoms with van der Waals surface area (Å²) >= 11 is 7.62. The van der Waals surface area contributed by atoms with Crippen molar-refractivity contribution in [1.82, 2.24) is 4.98 Å². The third-order valence-corrected chi connectivity index (χ3v) is 4.01. The Morgan fingerprint density at radius 1 is 1.10 bits per heavy atom. The summed E-state index contributed by atoms with van der Waals surface area (Å²) in [5, 5.41) is 7.19. The van der Waals surface area contributed by atoms with Crippen LogP contribution in [0.4, 0.5) is 5.69 Å². The van der Waals surface area contributed by atoms with Gasteiger partial charge in [-0.05, 0) is 42.0 Å². The van der Waals surface area contributed by atoms with Gasteiger partial charge in [0.1, 0.15) is 5.01 Å². The molecule has 0 saturated carbocycles. The number of aromatic nitrogens is 1. The van der Waals surface area contributed by atoms with Gasteiger partial charge in [0.05, 0.1) is 0 Å². The Kier molecular flexibility index (Phi) is 4.00. The first-order valence-electron chi connectivity index (χ1n) is 6.29. The van der Waals surface area contributed by atoms with E-state index in [1.54, 1.807) is 11.3 Å². The number of rotatable bonds is 4. The molecule has 2 aromatic carbocycles. The Bertz CT molecular complexity index is 678. The predicted molar refractivity (Wildman–Crippen MR) is 86.3 cm³/mol. The molecule has 20 heavy (non-hydrogen) atoms. The van der Waals surface area contributed by atoms with Gasteiger partial charge in [-0.25, -0.2) is 4.98 Å². The predicted octanol–water partition coefficient (Wildman–Crippen LogP) is 5.08. The van der Waals surface area contributed by atoms with Crippen molar-refractivity contribution in [3.05, 3.63) is 70.7 Å². The lowest BCUT2D eigenvalue weighted by Crippen LogP contribution is -1.98. The van der Waals surface area contributed by atoms with Crippen molar-refractivity contribution in [2.45, 2.75) is 6.54 Å². The van der Waals surface area contributed by atoms with E-state index in [4.69, 9.17) is 11.6 Å². The second-order valence-electron chi connectivity index (χ2n) is 4.40. The number of hydrogen-bond donors (Lipinski definition) is 1. The molecule has 0 amide bonds. The number of thiazole rings is 1. The molecule has 0 aliphatic carbocycles. The second kappa shape index (κ2) is 6.07. The first kappa shape index (κ1) is 13.2. The number of benzene rings is 2. The molecule has 0 fully saturated rings. The standard InChI is InChI=1S/C16H13ClN2S/c17-14-3-1-2-12(10-14)11-19-15-6-4-13(5-7-15)16-18-8-9-20-16/h1-10,19H,11H2. The maximum absolute atomic E-state index is 5.97. The SMILES string of the molecule is Clc1cccc(CNc2ccc(-c3nccs3)cc2)c1. The summed E-state index contributed by atoms with van der Waals surface area (Å²) in [4.78, 5) is 4.30. The molecule has 0 aliphatic rings. The first-order chi connectivity index (χ1) is 9.81. The smallest absolute Gasteiger partial charge is 0.123 e. The van der Waals surface area contributed by atoms with Gasteiger partial charge in [0, 0.05) is 34.4 Å². The highest BCUT2D eigenvalue weighted by molar-refractivity contribution is 7.13. The van der Waals surface area contributed by atoms with Gasteiger partial charge >= 0.3 is 0 Å². The minimum Gasteiger partial charge on any atom is -0.381 e. The Morgan fingerprint density at radius 2 is 1.95 bits per heavy atom. The second-order valence-corrected chi connectivity index (χ2v) is 5.73. The van der Waals surface area contributed by atoms with Crippen molar-refractivity contribution < 1.29 is 0 Å². The van der Waals surface area contributed by atoms with E-state index in [9.17, 15) is 0 Å². The van der Waals surface area contributed by atoms with Gasteiger partial charge in [0.15, 0.2) is 0 Å². The molecule has 4 heteroatoms. The molecule has 2 nitrogen and oxygen atoms in total. The van der Waals surface area contributed by atoms with Crippen LogP contribution >= 0.6 is 22.9 Å². The molecule has 0 radical (unpaired) electrons. The quantitative estimate of drug-likeness (QED) is 0.727. The van der Waals surface area contributed by atoms with Crippen LogP contribution in [-0.4, -0.2) is 4.98 Å². The summed E-state index contributed by atoms with van der Waals surface area (Å²) in [5.74, 6) is 0. The highest BCUT2D eigenvalue weighted by Crippen LogP contribution is 2.23. The minimum atomic E-state index is 0.761. The molecular weight excluding hydrogens is 288 g/mol. The molecular formula is C16H13ClN2S. The molecule has 0 spiro atoms. The summed E-state index contributed by atoms with van der Waals surface area (Å²) < 4.78 is 0. The van der Waals surface area contributed by atoms with Crippen LogP contribution in [0.25, 0.3) is 10.6 Å². The van der Waals surface area contributed by atoms with Crippen molar-refractivity contribution in [3.63, 3.8) is 0 Å². The molecule has 0 atom stereocenters. The fourth-order valence-corrected chi connectivity index (χ4v) is 2.81. The highest BCUT2D eigenvalue weighted by atomic mass is 35.5. The van der Waals surface area contributed by atoms with Crippen LogP contribution in [0.3, 0.4) is 0 Å². The lowest BCUT2D eigenvalue weighted by Gasteiger charge is -2.07. The van der Waals surface area contributed by atoms with Gasteiger partial charge in [-0.2, -0.15) is 0 Å². The maximum Gasteiger partial charge on any atom is 0.123 e. The van der Waals surface area contributed by atoms with Gasteiger partial charge in [0.2, 0.25) is 0 Å². The molecule has 0 aliphatic heterocycles. The average molecular weight is 301 g/mol. The summed E-state index contributed by atoms with van der Waals surface area (Å²) in [6, 6.07) is 16.2. The van der Waals surface area contributed by atoms with Crippen molar-refractivity contribution >= 4 is 28.6 Å². The fourth-order valence-electron chi connectivity index (χ4n) is 1.95. The molecule has 1 heterocycles. The summed E-state index contributed by atoms with van der Waals surface area (Å²) in [5.41, 5.74) is 3.40. The third kappa shape index (κ3) is 3.18. The zero-order valence-corrected chi connectivity index (χ0v) is 12.3. The van der Waals surface area contributed by atoms with Crippen molar-refractivity contribution in [3.8, 4) is 10.6 Å². The Morgan fingerprint density at radius 3 is 2.65 bits per heavy atom. The van der Waals surface area contributed by atoms with E-state index in [0.717, 1.165) is 27.8 Å². The topological polar surface area (TPSA) is 24.9 Å². The van der Waals surface area contributed by atoms with E-state index in [0.29, 0.717) is 0 Å². The summed E-state index contributed by atoms with van der Waals surface area (Å²) in [7, 11) is 0. The maximum atomic E-state index is 5.97. The van der Waals surface area contributed by atoms with Crippen LogP contribution in [0, 0.1) is 0 Å². The van der Waals surface area contributed by atoms with Crippen LogP contribution in [0.1, 0.15) is 5.56 Å². The lowest BCUT2D eigenvalue weighted by atomic mass is 10.2. The zero-order valence-electron chi connectivity index (χ0n) is 10.7. The molecule has 0 bridgehead atoms. The van der Waals surface area contributed by atoms with Crippen LogP contribution in [0.15, 0.2) is 60.1 Å². The Hall–Kier alpha value is -1.84. The monoisotopic (exact) mass is 300 g/mol. The average Bonchev–Trinajstić information content (AvgIpc) is 3.00. The zero-order chi connectivity index (χ0) is 13.8. The minimum absolute atomic E-state index is 0.761. The van der Waals surface area contributed by atoms with Gasteiger partial charge in [0.25, 0.3) is 0 Å². The van der Waals surface area contributed by atoms with E-state index in [-0.39, 0.29) is 0 Å². The molecule has 100 valence electrons. The normalized spacial score (nSPS) is 10.4. The lowest BCUT2D eigenvalue weighted by molar-refractivity contribution is 1.15. The molecule has 1 N–H and O–H groups in total. The Balaban J connectivity index is 1.67. The largest absolute Gasteiger partial charge is 0.381 e. The molecule has 0 saturated heterocycles. The van der Waals surface area contributed by atoms with Gasteiger partial charge in [-0.1, -0.05) is 23.7 Å². The number of nitrogens with one attached hydrogen (secondary N) is 1. The van der Waals surface area contributed by atoms with E-state index >= 15 is 0 Å². The summed E-state index contributed by atoms with van der Waals surface area (Å²) in [6.07, 6.45) is 1.82. The van der Waals surface area contributed by atoms with E-state index < -0.39 is 0 Å². The highest BCUT2D eigenvalue weighted by Gasteiger charge is 2.00. The molecule has 0 unspecified atom stereocenters. The number of hydrogen-bond acceptors (Lipinski definition) is 3. The van der Waals surface area contributed by atoms with E-state index in [2.05, 4.69) is 40.6 Å². The van der Waals surface area contributed by atoms with Crippen molar-refractivity contribution in [2.24, 2.45) is 0 Å². The van der Waals surface area contributed by atoms with Gasteiger partial charge in [-0.3, -0.25) is 0 Å². The van der Waals surface area contributed by atoms with Gasteiger partial charge in [-0.15, -0.1) is 11.3 Å². The molecule has 1 aromatic heterocycles. The number of nitrogens with zero attached hydrogens (tertiary/aromatic N) is 1. The van der Waals surface area contributed by atoms with Crippen molar-refractivity contribution in [2.75, 3.05) is 5.32 Å². The number of anilines is 1. The van der Waals surface area contributed by atoms with E-state index in [1.165, 1.54) is 5.56 Å². The molecule has 3 aromatic rings. The van der Waals surface area contributed by atoms with Crippen LogP contribution in [0.5, 0.6) is 0 Å². The van der Waals surface area contributed by atoms with Crippen LogP contribution in [-0.2, 0) is 6.54 Å². The summed E-state index contributed by atoms with van der Waals surface area (Å²) in [6.45, 7) is 0.761. The van der Waals surface area contributed by atoms with Gasteiger partial charge < -0.3 is 5.32 Å². The van der Waals surface area contributed by atoms with Crippen LogP contribution < -0.4 is 5.32 Å². The van der Waals surface area contributed by atoms with E-state index in [1.807, 2.05) is 29.8 Å². The first-order valence-corrected chi connectivity index (χ1v) is 7.55. The van der Waals surface area contributed by atoms with Crippen molar-refractivity contribution in [1.29, 1.82) is 0 Å². The third-order valence-electron chi connectivity index (χ3n) is 2.95. The fraction of sp³-hybridized carbons (Fsp3) is 0.0625. The van der Waals surface area contributed by atoms with Crippen LogP contribution in [0.2, 0.25) is 5.02 Å². The molecule has 3 rings (SSSR count). The Labute approximate surface area is 127 Å². The number of halogens is 1.